The summed E-state index contributed by atoms with van der Waals surface area (Å²) in [4.78, 5) is 28.0. The van der Waals surface area contributed by atoms with Crippen molar-refractivity contribution in [2.75, 3.05) is 11.9 Å². The number of hydrogen-bond acceptors (Lipinski definition) is 3. The normalized spacial score (nSPS) is 13.8. The van der Waals surface area contributed by atoms with Gasteiger partial charge in [0, 0.05) is 12.2 Å². The molecule has 0 aromatic heterocycles. The lowest BCUT2D eigenvalue weighted by molar-refractivity contribution is -0.136. The Morgan fingerprint density at radius 2 is 1.45 bits per heavy atom. The van der Waals surface area contributed by atoms with Gasteiger partial charge in [0.2, 0.25) is 0 Å². The molecule has 4 nitrogen and oxygen atoms in total. The highest BCUT2D eigenvalue weighted by molar-refractivity contribution is 6.36. The van der Waals surface area contributed by atoms with Crippen molar-refractivity contribution < 1.29 is 9.59 Å². The van der Waals surface area contributed by atoms with E-state index < -0.39 is 0 Å². The van der Waals surface area contributed by atoms with E-state index in [0.29, 0.717) is 24.2 Å². The van der Waals surface area contributed by atoms with Crippen LogP contribution < -0.4 is 5.32 Å². The van der Waals surface area contributed by atoms with Gasteiger partial charge in [-0.3, -0.25) is 14.5 Å². The van der Waals surface area contributed by atoms with Gasteiger partial charge in [0.25, 0.3) is 11.8 Å². The van der Waals surface area contributed by atoms with E-state index in [0.717, 1.165) is 28.8 Å². The first-order valence-corrected chi connectivity index (χ1v) is 10.6. The van der Waals surface area contributed by atoms with E-state index in [1.54, 1.807) is 0 Å². The first-order chi connectivity index (χ1) is 15.1. The van der Waals surface area contributed by atoms with Gasteiger partial charge >= 0.3 is 0 Å². The van der Waals surface area contributed by atoms with Crippen LogP contribution in [-0.4, -0.2) is 23.3 Å². The van der Waals surface area contributed by atoms with Crippen molar-refractivity contribution in [2.24, 2.45) is 0 Å². The van der Waals surface area contributed by atoms with Gasteiger partial charge in [0.15, 0.2) is 0 Å². The molecular formula is C27H26N2O2. The van der Waals surface area contributed by atoms with E-state index in [1.807, 2.05) is 85.8 Å². The molecule has 4 rings (SSSR count). The number of hydrogen-bond donors (Lipinski definition) is 1. The molecule has 0 fully saturated rings. The third-order valence-corrected chi connectivity index (χ3v) is 5.61. The van der Waals surface area contributed by atoms with Crippen LogP contribution in [0, 0.1) is 6.92 Å². The summed E-state index contributed by atoms with van der Waals surface area (Å²) in [6.45, 7) is 4.45. The van der Waals surface area contributed by atoms with Crippen molar-refractivity contribution in [3.8, 4) is 0 Å². The Labute approximate surface area is 183 Å². The smallest absolute Gasteiger partial charge is 0.278 e. The van der Waals surface area contributed by atoms with E-state index >= 15 is 0 Å². The molecule has 1 aliphatic rings. The number of anilines is 1. The van der Waals surface area contributed by atoms with Gasteiger partial charge in [-0.25, -0.2) is 0 Å². The summed E-state index contributed by atoms with van der Waals surface area (Å²) in [5.41, 5.74) is 5.73. The topological polar surface area (TPSA) is 49.4 Å². The predicted octanol–water partition coefficient (Wildman–Crippen LogP) is 4.99. The molecule has 31 heavy (non-hydrogen) atoms. The van der Waals surface area contributed by atoms with Gasteiger partial charge in [0.05, 0.1) is 5.57 Å². The van der Waals surface area contributed by atoms with Gasteiger partial charge in [-0.1, -0.05) is 79.2 Å². The lowest BCUT2D eigenvalue weighted by Gasteiger charge is -2.15. The van der Waals surface area contributed by atoms with Gasteiger partial charge in [-0.2, -0.15) is 0 Å². The maximum atomic E-state index is 13.3. The fourth-order valence-electron chi connectivity index (χ4n) is 3.74. The summed E-state index contributed by atoms with van der Waals surface area (Å²) >= 11 is 0. The predicted molar refractivity (Wildman–Crippen MR) is 124 cm³/mol. The number of amides is 2. The Morgan fingerprint density at radius 3 is 2.10 bits per heavy atom. The Balaban J connectivity index is 1.65. The maximum absolute atomic E-state index is 13.3. The number of carbonyl (C=O) groups excluding carboxylic acids is 2. The molecule has 0 saturated carbocycles. The van der Waals surface area contributed by atoms with Crippen LogP contribution in [0.3, 0.4) is 0 Å². The van der Waals surface area contributed by atoms with Crippen LogP contribution in [0.25, 0.3) is 5.57 Å². The molecule has 0 aliphatic carbocycles. The van der Waals surface area contributed by atoms with Gasteiger partial charge in [-0.15, -0.1) is 0 Å². The molecule has 1 N–H and O–H groups in total. The number of rotatable bonds is 7. The molecule has 0 atom stereocenters. The van der Waals surface area contributed by atoms with Crippen molar-refractivity contribution in [2.45, 2.75) is 26.7 Å². The lowest BCUT2D eigenvalue weighted by Crippen LogP contribution is -2.34. The molecule has 2 amide bonds. The van der Waals surface area contributed by atoms with E-state index in [1.165, 1.54) is 10.5 Å². The van der Waals surface area contributed by atoms with Crippen molar-refractivity contribution in [1.82, 2.24) is 4.90 Å². The fourth-order valence-corrected chi connectivity index (χ4v) is 3.74. The Bertz CT molecular complexity index is 1110. The largest absolute Gasteiger partial charge is 0.350 e. The zero-order valence-electron chi connectivity index (χ0n) is 17.9. The van der Waals surface area contributed by atoms with E-state index in [-0.39, 0.29) is 11.8 Å². The molecule has 1 heterocycles. The zero-order valence-corrected chi connectivity index (χ0v) is 17.9. The van der Waals surface area contributed by atoms with Crippen LogP contribution in [0.15, 0.2) is 84.6 Å². The first kappa shape index (κ1) is 20.6. The Hall–Kier alpha value is -3.66. The molecule has 4 heteroatoms. The summed E-state index contributed by atoms with van der Waals surface area (Å²) in [6, 6.07) is 25.6. The molecule has 0 saturated heterocycles. The number of nitrogens with zero attached hydrogens (tertiary/aromatic N) is 1. The Kier molecular flexibility index (Phi) is 5.99. The van der Waals surface area contributed by atoms with Crippen LogP contribution in [0.4, 0.5) is 5.69 Å². The second-order valence-electron chi connectivity index (χ2n) is 7.79. The van der Waals surface area contributed by atoms with Gasteiger partial charge in [0.1, 0.15) is 5.70 Å². The SMILES string of the molecule is CCc1ccc(NC2=C(c3ccc(C)cc3)C(=O)N(CCc3ccccc3)C2=O)cc1. The van der Waals surface area contributed by atoms with Crippen molar-refractivity contribution >= 4 is 23.1 Å². The number of carbonyl (C=O) groups is 2. The second kappa shape index (κ2) is 9.00. The standard InChI is InChI=1S/C27H26N2O2/c1-3-20-11-15-23(16-12-20)28-25-24(22-13-9-19(2)10-14-22)26(30)29(27(25)31)18-17-21-7-5-4-6-8-21/h4-16,28H,3,17-18H2,1-2H3. The summed E-state index contributed by atoms with van der Waals surface area (Å²) in [5.74, 6) is -0.534. The number of nitrogens with one attached hydrogen (secondary N) is 1. The average molecular weight is 411 g/mol. The maximum Gasteiger partial charge on any atom is 0.278 e. The number of imide groups is 1. The zero-order chi connectivity index (χ0) is 21.8. The van der Waals surface area contributed by atoms with Crippen molar-refractivity contribution in [3.05, 3.63) is 107 Å². The van der Waals surface area contributed by atoms with Crippen molar-refractivity contribution in [1.29, 1.82) is 0 Å². The van der Waals surface area contributed by atoms with Crippen LogP contribution in [-0.2, 0) is 22.4 Å². The minimum atomic E-state index is -0.281. The van der Waals surface area contributed by atoms with Crippen LogP contribution in [0.1, 0.15) is 29.2 Å². The third kappa shape index (κ3) is 4.43. The van der Waals surface area contributed by atoms with E-state index in [2.05, 4.69) is 12.2 Å². The molecule has 156 valence electrons. The van der Waals surface area contributed by atoms with Crippen molar-refractivity contribution in [3.63, 3.8) is 0 Å². The van der Waals surface area contributed by atoms with Crippen LogP contribution in [0.5, 0.6) is 0 Å². The molecule has 0 unspecified atom stereocenters. The second-order valence-corrected chi connectivity index (χ2v) is 7.79. The molecular weight excluding hydrogens is 384 g/mol. The number of benzene rings is 3. The highest BCUT2D eigenvalue weighted by Crippen LogP contribution is 2.31. The fraction of sp³-hybridized carbons (Fsp3) is 0.185. The van der Waals surface area contributed by atoms with Crippen LogP contribution in [0.2, 0.25) is 0 Å². The average Bonchev–Trinajstić information content (AvgIpc) is 3.03. The lowest BCUT2D eigenvalue weighted by atomic mass is 10.0. The van der Waals surface area contributed by atoms with Gasteiger partial charge in [-0.05, 0) is 48.6 Å². The first-order valence-electron chi connectivity index (χ1n) is 10.6. The summed E-state index contributed by atoms with van der Waals surface area (Å²) in [5, 5.41) is 3.23. The summed E-state index contributed by atoms with van der Waals surface area (Å²) < 4.78 is 0. The van der Waals surface area contributed by atoms with E-state index in [9.17, 15) is 9.59 Å². The minimum absolute atomic E-state index is 0.252. The van der Waals surface area contributed by atoms with Crippen LogP contribution >= 0.6 is 0 Å². The molecule has 0 radical (unpaired) electrons. The minimum Gasteiger partial charge on any atom is -0.350 e. The number of aryl methyl sites for hydroxylation is 2. The molecule has 1 aliphatic heterocycles. The monoisotopic (exact) mass is 410 g/mol. The highest BCUT2D eigenvalue weighted by atomic mass is 16.2. The molecule has 0 bridgehead atoms. The highest BCUT2D eigenvalue weighted by Gasteiger charge is 2.38. The quantitative estimate of drug-likeness (QED) is 0.558. The molecule has 3 aromatic rings. The van der Waals surface area contributed by atoms with E-state index in [4.69, 9.17) is 0 Å². The molecule has 3 aromatic carbocycles. The Morgan fingerprint density at radius 1 is 0.774 bits per heavy atom. The molecule has 0 spiro atoms. The summed E-state index contributed by atoms with van der Waals surface area (Å²) in [6.07, 6.45) is 1.57. The van der Waals surface area contributed by atoms with Gasteiger partial charge < -0.3 is 5.32 Å². The summed E-state index contributed by atoms with van der Waals surface area (Å²) in [7, 11) is 0. The third-order valence-electron chi connectivity index (χ3n) is 5.61.